The van der Waals surface area contributed by atoms with Gasteiger partial charge < -0.3 is 14.5 Å². The van der Waals surface area contributed by atoms with E-state index in [1.807, 2.05) is 6.07 Å². The van der Waals surface area contributed by atoms with Crippen molar-refractivity contribution in [3.05, 3.63) is 62.8 Å². The number of allylic oxidation sites excluding steroid dienone is 4. The van der Waals surface area contributed by atoms with Crippen molar-refractivity contribution in [3.63, 3.8) is 0 Å². The van der Waals surface area contributed by atoms with Crippen LogP contribution in [0.3, 0.4) is 0 Å². The molecule has 2 heterocycles. The summed E-state index contributed by atoms with van der Waals surface area (Å²) in [5.74, 6) is 1.20. The fraction of sp³-hybridized carbons (Fsp3) is 0.348. The highest BCUT2D eigenvalue weighted by Crippen LogP contribution is 2.47. The first-order valence-electron chi connectivity index (χ1n) is 9.98. The van der Waals surface area contributed by atoms with Crippen molar-refractivity contribution < 1.29 is 19.1 Å². The lowest BCUT2D eigenvalue weighted by molar-refractivity contribution is -0.117. The number of rotatable bonds is 2. The molecule has 0 saturated heterocycles. The molecule has 0 amide bonds. The number of aromatic nitrogens is 1. The van der Waals surface area contributed by atoms with E-state index in [2.05, 4.69) is 4.98 Å². The third-order valence-corrected chi connectivity index (χ3v) is 6.03. The van der Waals surface area contributed by atoms with Gasteiger partial charge in [-0.2, -0.15) is 0 Å². The largest absolute Gasteiger partial charge is 0.497 e. The second-order valence-corrected chi connectivity index (χ2v) is 7.77. The van der Waals surface area contributed by atoms with Gasteiger partial charge in [0.2, 0.25) is 0 Å². The second-order valence-electron chi connectivity index (χ2n) is 7.77. The van der Waals surface area contributed by atoms with Crippen LogP contribution in [0.2, 0.25) is 0 Å². The summed E-state index contributed by atoms with van der Waals surface area (Å²) in [4.78, 5) is 41.7. The lowest BCUT2D eigenvalue weighted by atomic mass is 9.73. The Morgan fingerprint density at radius 1 is 0.931 bits per heavy atom. The Hall–Kier alpha value is -3.15. The van der Waals surface area contributed by atoms with Gasteiger partial charge in [-0.25, -0.2) is 0 Å². The quantitative estimate of drug-likeness (QED) is 0.844. The smallest absolute Gasteiger partial charge is 0.252 e. The normalized spacial score (nSPS) is 19.9. The van der Waals surface area contributed by atoms with Crippen LogP contribution in [0.1, 0.15) is 50.0 Å². The molecule has 148 valence electrons. The number of carbonyl (C=O) groups excluding carboxylic acids is 2. The number of methoxy groups -OCH3 is 1. The fourth-order valence-electron chi connectivity index (χ4n) is 4.67. The van der Waals surface area contributed by atoms with Crippen molar-refractivity contribution in [2.24, 2.45) is 0 Å². The van der Waals surface area contributed by atoms with Crippen molar-refractivity contribution in [2.75, 3.05) is 7.11 Å². The molecule has 29 heavy (non-hydrogen) atoms. The van der Waals surface area contributed by atoms with E-state index < -0.39 is 5.92 Å². The predicted octanol–water partition coefficient (Wildman–Crippen LogP) is 3.66. The number of ether oxygens (including phenoxy) is 2. The molecule has 2 aromatic rings. The van der Waals surface area contributed by atoms with Gasteiger partial charge in [-0.3, -0.25) is 14.4 Å². The van der Waals surface area contributed by atoms with E-state index in [0.29, 0.717) is 65.2 Å². The lowest BCUT2D eigenvalue weighted by Crippen LogP contribution is -2.33. The monoisotopic (exact) mass is 391 g/mol. The molecular weight excluding hydrogens is 370 g/mol. The predicted molar refractivity (Wildman–Crippen MR) is 107 cm³/mol. The molecule has 1 aromatic carbocycles. The number of ketones is 2. The summed E-state index contributed by atoms with van der Waals surface area (Å²) in [5.41, 5.74) is 1.78. The summed E-state index contributed by atoms with van der Waals surface area (Å²) >= 11 is 0. The maximum Gasteiger partial charge on any atom is 0.252 e. The van der Waals surface area contributed by atoms with E-state index in [4.69, 9.17) is 9.47 Å². The molecule has 1 aliphatic heterocycles. The molecule has 5 rings (SSSR count). The average Bonchev–Trinajstić information content (AvgIpc) is 2.72. The minimum absolute atomic E-state index is 0.0358. The Morgan fingerprint density at radius 2 is 1.59 bits per heavy atom. The van der Waals surface area contributed by atoms with Crippen molar-refractivity contribution in [2.45, 2.75) is 44.4 Å². The minimum Gasteiger partial charge on any atom is -0.497 e. The number of benzene rings is 1. The maximum atomic E-state index is 13.1. The van der Waals surface area contributed by atoms with E-state index in [9.17, 15) is 14.4 Å². The number of H-pyrrole nitrogens is 1. The van der Waals surface area contributed by atoms with E-state index in [0.717, 1.165) is 18.2 Å². The van der Waals surface area contributed by atoms with Gasteiger partial charge in [-0.05, 0) is 37.1 Å². The summed E-state index contributed by atoms with van der Waals surface area (Å²) in [7, 11) is 1.59. The molecule has 0 saturated carbocycles. The Balaban J connectivity index is 1.77. The summed E-state index contributed by atoms with van der Waals surface area (Å²) in [6.45, 7) is 0. The van der Waals surface area contributed by atoms with Crippen LogP contribution in [-0.2, 0) is 14.3 Å². The summed E-state index contributed by atoms with van der Waals surface area (Å²) in [5, 5.41) is 0.793. The van der Waals surface area contributed by atoms with Gasteiger partial charge in [0.05, 0.1) is 13.0 Å². The molecular formula is C23H21NO5. The van der Waals surface area contributed by atoms with E-state index in [-0.39, 0.29) is 17.1 Å². The highest BCUT2D eigenvalue weighted by molar-refractivity contribution is 6.06. The van der Waals surface area contributed by atoms with Crippen LogP contribution in [0.15, 0.2) is 51.7 Å². The summed E-state index contributed by atoms with van der Waals surface area (Å²) < 4.78 is 11.3. The number of hydrogen-bond donors (Lipinski definition) is 1. The van der Waals surface area contributed by atoms with E-state index in [1.165, 1.54) is 0 Å². The van der Waals surface area contributed by atoms with E-state index >= 15 is 0 Å². The average molecular weight is 391 g/mol. The van der Waals surface area contributed by atoms with E-state index in [1.54, 1.807) is 25.3 Å². The summed E-state index contributed by atoms with van der Waals surface area (Å²) in [6.07, 6.45) is 3.59. The van der Waals surface area contributed by atoms with Crippen LogP contribution < -0.4 is 10.3 Å². The van der Waals surface area contributed by atoms with Crippen LogP contribution in [0, 0.1) is 0 Å². The van der Waals surface area contributed by atoms with Crippen LogP contribution in [0.25, 0.3) is 10.9 Å². The zero-order valence-electron chi connectivity index (χ0n) is 16.2. The zero-order chi connectivity index (χ0) is 20.1. The first-order chi connectivity index (χ1) is 14.1. The third kappa shape index (κ3) is 2.82. The van der Waals surface area contributed by atoms with Gasteiger partial charge in [0.1, 0.15) is 17.3 Å². The van der Waals surface area contributed by atoms with Gasteiger partial charge in [0, 0.05) is 53.3 Å². The molecule has 0 atom stereocenters. The Kier molecular flexibility index (Phi) is 4.15. The fourth-order valence-corrected chi connectivity index (χ4v) is 4.67. The van der Waals surface area contributed by atoms with Crippen molar-refractivity contribution in [1.82, 2.24) is 4.98 Å². The molecule has 3 aliphatic rings. The zero-order valence-corrected chi connectivity index (χ0v) is 16.2. The Morgan fingerprint density at radius 3 is 2.21 bits per heavy atom. The standard InChI is InChI=1S/C23H21NO5/c1-28-13-8-9-15-12(10-13)11-14(23(27)24-15)20-21-16(25)4-2-6-18(21)29-19-7-3-5-17(26)22(19)20/h8-11,20H,2-7H2,1H3,(H,24,27). The number of hydrogen-bond acceptors (Lipinski definition) is 5. The van der Waals surface area contributed by atoms with Gasteiger partial charge in [0.25, 0.3) is 5.56 Å². The lowest BCUT2D eigenvalue weighted by Gasteiger charge is -2.35. The molecule has 6 nitrogen and oxygen atoms in total. The minimum atomic E-state index is -0.659. The number of nitrogens with one attached hydrogen (secondary N) is 1. The van der Waals surface area contributed by atoms with Crippen LogP contribution in [0.5, 0.6) is 5.75 Å². The second kappa shape index (κ2) is 6.72. The highest BCUT2D eigenvalue weighted by Gasteiger charge is 2.42. The molecule has 2 aliphatic carbocycles. The SMILES string of the molecule is COc1ccc2[nH]c(=O)c(C3C4=C(CCCC4=O)OC4=C3C(=O)CCC4)cc2c1. The molecule has 0 fully saturated rings. The number of pyridine rings is 1. The molecule has 0 unspecified atom stereocenters. The highest BCUT2D eigenvalue weighted by atomic mass is 16.5. The van der Waals surface area contributed by atoms with Gasteiger partial charge in [0.15, 0.2) is 11.6 Å². The molecule has 0 spiro atoms. The molecule has 6 heteroatoms. The van der Waals surface area contributed by atoms with Gasteiger partial charge >= 0.3 is 0 Å². The third-order valence-electron chi connectivity index (χ3n) is 6.03. The first-order valence-corrected chi connectivity index (χ1v) is 9.98. The Bertz CT molecular complexity index is 1140. The van der Waals surface area contributed by atoms with Gasteiger partial charge in [-0.15, -0.1) is 0 Å². The van der Waals surface area contributed by atoms with Crippen molar-refractivity contribution in [1.29, 1.82) is 0 Å². The van der Waals surface area contributed by atoms with Gasteiger partial charge in [-0.1, -0.05) is 0 Å². The van der Waals surface area contributed by atoms with Crippen LogP contribution in [0.4, 0.5) is 0 Å². The molecule has 1 N–H and O–H groups in total. The molecule has 1 aromatic heterocycles. The van der Waals surface area contributed by atoms with Crippen LogP contribution >= 0.6 is 0 Å². The molecule has 0 bridgehead atoms. The number of Topliss-reactive ketones (excluding diaryl/α,β-unsaturated/α-hetero) is 2. The van der Waals surface area contributed by atoms with Crippen LogP contribution in [-0.4, -0.2) is 23.7 Å². The van der Waals surface area contributed by atoms with Crippen molar-refractivity contribution >= 4 is 22.5 Å². The number of fused-ring (bicyclic) bond motifs is 1. The van der Waals surface area contributed by atoms with Crippen molar-refractivity contribution in [3.8, 4) is 5.75 Å². The maximum absolute atomic E-state index is 13.1. The molecule has 0 radical (unpaired) electrons. The first kappa shape index (κ1) is 17.9. The number of aromatic amines is 1. The summed E-state index contributed by atoms with van der Waals surface area (Å²) in [6, 6.07) is 7.19. The number of carbonyl (C=O) groups is 2. The Labute approximate surface area is 167 Å². The topological polar surface area (TPSA) is 85.5 Å².